The van der Waals surface area contributed by atoms with Crippen LogP contribution in [0.4, 0.5) is 11.4 Å². The average molecular weight is 328 g/mol. The molecule has 1 heterocycles. The highest BCUT2D eigenvalue weighted by atomic mass is 16.6. The van der Waals surface area contributed by atoms with Gasteiger partial charge in [-0.1, -0.05) is 30.3 Å². The number of ether oxygens (including phenoxy) is 2. The fourth-order valence-corrected chi connectivity index (χ4v) is 2.71. The van der Waals surface area contributed by atoms with Crippen molar-refractivity contribution in [2.75, 3.05) is 37.8 Å². The van der Waals surface area contributed by atoms with Crippen LogP contribution >= 0.6 is 0 Å². The van der Waals surface area contributed by atoms with Gasteiger partial charge in [0.05, 0.1) is 24.7 Å². The second-order valence-electron chi connectivity index (χ2n) is 5.59. The predicted octanol–water partition coefficient (Wildman–Crippen LogP) is 3.05. The molecule has 2 aromatic carbocycles. The van der Waals surface area contributed by atoms with Crippen molar-refractivity contribution in [3.63, 3.8) is 0 Å². The SMILES string of the molecule is O=[N+]([O-])c1ccc(N2CCOCC2)cc1OCCc1ccccc1. The minimum absolute atomic E-state index is 0.0000658. The molecule has 1 aliphatic rings. The lowest BCUT2D eigenvalue weighted by Gasteiger charge is -2.29. The highest BCUT2D eigenvalue weighted by Gasteiger charge is 2.19. The first kappa shape index (κ1) is 16.3. The monoisotopic (exact) mass is 328 g/mol. The third kappa shape index (κ3) is 4.02. The van der Waals surface area contributed by atoms with Gasteiger partial charge in [-0.3, -0.25) is 10.1 Å². The van der Waals surface area contributed by atoms with Gasteiger partial charge in [-0.2, -0.15) is 0 Å². The Labute approximate surface area is 140 Å². The smallest absolute Gasteiger partial charge is 0.311 e. The maximum atomic E-state index is 11.2. The number of rotatable bonds is 6. The fourth-order valence-electron chi connectivity index (χ4n) is 2.71. The summed E-state index contributed by atoms with van der Waals surface area (Å²) < 4.78 is 11.1. The zero-order valence-electron chi connectivity index (χ0n) is 13.4. The topological polar surface area (TPSA) is 64.8 Å². The largest absolute Gasteiger partial charge is 0.486 e. The molecule has 0 N–H and O–H groups in total. The van der Waals surface area contributed by atoms with E-state index < -0.39 is 4.92 Å². The molecule has 0 radical (unpaired) electrons. The van der Waals surface area contributed by atoms with Crippen molar-refractivity contribution in [2.24, 2.45) is 0 Å². The molecule has 6 nitrogen and oxygen atoms in total. The van der Waals surface area contributed by atoms with Crippen LogP contribution in [0.1, 0.15) is 5.56 Å². The number of benzene rings is 2. The van der Waals surface area contributed by atoms with Crippen molar-refractivity contribution in [3.8, 4) is 5.75 Å². The maximum absolute atomic E-state index is 11.2. The van der Waals surface area contributed by atoms with Gasteiger partial charge in [-0.05, 0) is 11.6 Å². The van der Waals surface area contributed by atoms with Gasteiger partial charge < -0.3 is 14.4 Å². The van der Waals surface area contributed by atoms with E-state index in [2.05, 4.69) is 4.90 Å². The number of nitro benzene ring substituents is 1. The Morgan fingerprint density at radius 3 is 2.58 bits per heavy atom. The first-order valence-corrected chi connectivity index (χ1v) is 8.02. The molecule has 0 unspecified atom stereocenters. The summed E-state index contributed by atoms with van der Waals surface area (Å²) in [7, 11) is 0. The number of morpholine rings is 1. The second-order valence-corrected chi connectivity index (χ2v) is 5.59. The number of hydrogen-bond donors (Lipinski definition) is 0. The Bertz CT molecular complexity index is 685. The van der Waals surface area contributed by atoms with Crippen LogP contribution in [0.15, 0.2) is 48.5 Å². The van der Waals surface area contributed by atoms with E-state index in [0.29, 0.717) is 32.0 Å². The molecular formula is C18H20N2O4. The first-order valence-electron chi connectivity index (χ1n) is 8.02. The van der Waals surface area contributed by atoms with Crippen molar-refractivity contribution < 1.29 is 14.4 Å². The summed E-state index contributed by atoms with van der Waals surface area (Å²) in [6, 6.07) is 15.0. The van der Waals surface area contributed by atoms with Crippen LogP contribution in [0.5, 0.6) is 5.75 Å². The molecule has 1 fully saturated rings. The third-order valence-corrected chi connectivity index (χ3v) is 4.01. The van der Waals surface area contributed by atoms with E-state index in [0.717, 1.165) is 24.3 Å². The van der Waals surface area contributed by atoms with Crippen molar-refractivity contribution in [1.82, 2.24) is 0 Å². The van der Waals surface area contributed by atoms with Crippen LogP contribution in [0.3, 0.4) is 0 Å². The number of nitro groups is 1. The summed E-state index contributed by atoms with van der Waals surface area (Å²) in [5.74, 6) is 0.319. The van der Waals surface area contributed by atoms with Crippen LogP contribution in [-0.4, -0.2) is 37.8 Å². The summed E-state index contributed by atoms with van der Waals surface area (Å²) in [6.45, 7) is 3.29. The Morgan fingerprint density at radius 1 is 1.12 bits per heavy atom. The van der Waals surface area contributed by atoms with Gasteiger partial charge in [-0.25, -0.2) is 0 Å². The second kappa shape index (κ2) is 7.79. The molecular weight excluding hydrogens is 308 g/mol. The van der Waals surface area contributed by atoms with Crippen LogP contribution in [0.25, 0.3) is 0 Å². The lowest BCUT2D eigenvalue weighted by atomic mass is 10.2. The Morgan fingerprint density at radius 2 is 1.88 bits per heavy atom. The standard InChI is InChI=1S/C18H20N2O4/c21-20(22)17-7-6-16(19-9-12-23-13-10-19)14-18(17)24-11-8-15-4-2-1-3-5-15/h1-7,14H,8-13H2. The van der Waals surface area contributed by atoms with E-state index in [4.69, 9.17) is 9.47 Å². The molecule has 3 rings (SSSR count). The van der Waals surface area contributed by atoms with Crippen LogP contribution in [0.2, 0.25) is 0 Å². The van der Waals surface area contributed by atoms with Gasteiger partial charge in [-0.15, -0.1) is 0 Å². The van der Waals surface area contributed by atoms with E-state index in [1.165, 1.54) is 6.07 Å². The lowest BCUT2D eigenvalue weighted by molar-refractivity contribution is -0.385. The predicted molar refractivity (Wildman–Crippen MR) is 91.8 cm³/mol. The van der Waals surface area contributed by atoms with E-state index >= 15 is 0 Å². The van der Waals surface area contributed by atoms with Crippen LogP contribution < -0.4 is 9.64 Å². The molecule has 0 spiro atoms. The van der Waals surface area contributed by atoms with Crippen LogP contribution in [0, 0.1) is 10.1 Å². The fraction of sp³-hybridized carbons (Fsp3) is 0.333. The molecule has 0 saturated carbocycles. The zero-order valence-corrected chi connectivity index (χ0v) is 13.4. The molecule has 0 aliphatic carbocycles. The van der Waals surface area contributed by atoms with Crippen molar-refractivity contribution >= 4 is 11.4 Å². The van der Waals surface area contributed by atoms with Crippen molar-refractivity contribution in [3.05, 3.63) is 64.2 Å². The minimum atomic E-state index is -0.402. The molecule has 0 amide bonds. The third-order valence-electron chi connectivity index (χ3n) is 4.01. The number of nitrogens with zero attached hydrogens (tertiary/aromatic N) is 2. The molecule has 1 aliphatic heterocycles. The Hall–Kier alpha value is -2.60. The van der Waals surface area contributed by atoms with Gasteiger partial charge in [0, 0.05) is 37.3 Å². The maximum Gasteiger partial charge on any atom is 0.311 e. The van der Waals surface area contributed by atoms with E-state index in [1.54, 1.807) is 12.1 Å². The van der Waals surface area contributed by atoms with Gasteiger partial charge in [0.1, 0.15) is 0 Å². The van der Waals surface area contributed by atoms with Gasteiger partial charge >= 0.3 is 5.69 Å². The van der Waals surface area contributed by atoms with E-state index in [9.17, 15) is 10.1 Å². The van der Waals surface area contributed by atoms with Gasteiger partial charge in [0.25, 0.3) is 0 Å². The van der Waals surface area contributed by atoms with Gasteiger partial charge in [0.2, 0.25) is 0 Å². The van der Waals surface area contributed by atoms with Crippen LogP contribution in [-0.2, 0) is 11.2 Å². The molecule has 0 bridgehead atoms. The molecule has 0 atom stereocenters. The number of anilines is 1. The van der Waals surface area contributed by atoms with E-state index in [-0.39, 0.29) is 5.69 Å². The lowest BCUT2D eigenvalue weighted by Crippen LogP contribution is -2.36. The minimum Gasteiger partial charge on any atom is -0.486 e. The molecule has 126 valence electrons. The summed E-state index contributed by atoms with van der Waals surface area (Å²) in [6.07, 6.45) is 0.708. The molecule has 0 aromatic heterocycles. The van der Waals surface area contributed by atoms with Gasteiger partial charge in [0.15, 0.2) is 5.75 Å². The summed E-state index contributed by atoms with van der Waals surface area (Å²) >= 11 is 0. The quantitative estimate of drug-likeness (QED) is 0.602. The molecule has 1 saturated heterocycles. The molecule has 2 aromatic rings. The average Bonchev–Trinajstić information content (AvgIpc) is 2.63. The normalized spacial score (nSPS) is 14.4. The first-order chi connectivity index (χ1) is 11.7. The molecule has 24 heavy (non-hydrogen) atoms. The Kier molecular flexibility index (Phi) is 5.28. The summed E-state index contributed by atoms with van der Waals surface area (Å²) in [5, 5.41) is 11.2. The summed E-state index contributed by atoms with van der Waals surface area (Å²) in [5.41, 5.74) is 2.07. The van der Waals surface area contributed by atoms with Crippen molar-refractivity contribution in [2.45, 2.75) is 6.42 Å². The number of hydrogen-bond acceptors (Lipinski definition) is 5. The highest BCUT2D eigenvalue weighted by molar-refractivity contribution is 5.59. The molecule has 6 heteroatoms. The Balaban J connectivity index is 1.72. The zero-order chi connectivity index (χ0) is 16.8. The highest BCUT2D eigenvalue weighted by Crippen LogP contribution is 2.32. The van der Waals surface area contributed by atoms with Crippen molar-refractivity contribution in [1.29, 1.82) is 0 Å². The summed E-state index contributed by atoms with van der Waals surface area (Å²) in [4.78, 5) is 13.0. The van der Waals surface area contributed by atoms with E-state index in [1.807, 2.05) is 30.3 Å².